The third-order valence-corrected chi connectivity index (χ3v) is 3.60. The second-order valence-corrected chi connectivity index (χ2v) is 6.16. The zero-order valence-corrected chi connectivity index (χ0v) is 15.8. The molecule has 0 atom stereocenters. The number of hydrogen-bond acceptors (Lipinski definition) is 6. The van der Waals surface area contributed by atoms with E-state index in [-0.39, 0.29) is 17.1 Å². The van der Waals surface area contributed by atoms with Gasteiger partial charge in [0.25, 0.3) is 5.69 Å². The average molecular weight is 413 g/mol. The second-order valence-electron chi connectivity index (χ2n) is 6.16. The Labute approximate surface area is 164 Å². The maximum Gasteiger partial charge on any atom is 0.573 e. The number of aryl methyl sites for hydroxylation is 1. The largest absolute Gasteiger partial charge is 0.573 e. The maximum absolute atomic E-state index is 12.3. The summed E-state index contributed by atoms with van der Waals surface area (Å²) in [7, 11) is 0. The van der Waals surface area contributed by atoms with Gasteiger partial charge in [-0.3, -0.25) is 10.1 Å². The summed E-state index contributed by atoms with van der Waals surface area (Å²) in [6, 6.07) is 7.03. The SMILES string of the molecule is CCc1cc([N+](=O)[O-])c(C(=O)OC(C)C)cc1Oc1ccc(OC(F)(F)F)cc1. The molecule has 0 saturated heterocycles. The number of rotatable bonds is 7. The van der Waals surface area contributed by atoms with Gasteiger partial charge in [-0.25, -0.2) is 4.79 Å². The van der Waals surface area contributed by atoms with Crippen LogP contribution in [0.1, 0.15) is 36.7 Å². The molecule has 0 amide bonds. The number of ether oxygens (including phenoxy) is 3. The van der Waals surface area contributed by atoms with Crippen LogP contribution in [0.2, 0.25) is 0 Å². The van der Waals surface area contributed by atoms with Crippen molar-refractivity contribution in [2.45, 2.75) is 39.7 Å². The zero-order chi connectivity index (χ0) is 21.8. The maximum atomic E-state index is 12.3. The molecule has 0 aliphatic rings. The summed E-state index contributed by atoms with van der Waals surface area (Å²) in [5.41, 5.74) is -0.268. The van der Waals surface area contributed by atoms with Crippen molar-refractivity contribution in [1.29, 1.82) is 0 Å². The van der Waals surface area contributed by atoms with E-state index in [4.69, 9.17) is 9.47 Å². The third kappa shape index (κ3) is 6.09. The summed E-state index contributed by atoms with van der Waals surface area (Å²) in [4.78, 5) is 22.9. The topological polar surface area (TPSA) is 87.9 Å². The van der Waals surface area contributed by atoms with Gasteiger partial charge in [0.1, 0.15) is 22.8 Å². The number of nitrogens with zero attached hydrogens (tertiary/aromatic N) is 1. The number of nitro benzene ring substituents is 1. The second kappa shape index (κ2) is 8.80. The molecular formula is C19H18F3NO6. The fourth-order valence-corrected chi connectivity index (χ4v) is 2.41. The number of alkyl halides is 3. The Morgan fingerprint density at radius 3 is 2.21 bits per heavy atom. The summed E-state index contributed by atoms with van der Waals surface area (Å²) in [5, 5.41) is 11.4. The Kier molecular flexibility index (Phi) is 6.68. The predicted octanol–water partition coefficient (Wildman–Crippen LogP) is 5.41. The van der Waals surface area contributed by atoms with Crippen molar-refractivity contribution >= 4 is 11.7 Å². The van der Waals surface area contributed by atoms with Gasteiger partial charge in [0, 0.05) is 17.7 Å². The molecule has 0 aliphatic heterocycles. The van der Waals surface area contributed by atoms with Crippen LogP contribution in [0.15, 0.2) is 36.4 Å². The fourth-order valence-electron chi connectivity index (χ4n) is 2.41. The Bertz CT molecular complexity index is 894. The van der Waals surface area contributed by atoms with E-state index in [1.165, 1.54) is 24.3 Å². The summed E-state index contributed by atoms with van der Waals surface area (Å²) in [6.07, 6.45) is -4.95. The molecule has 0 heterocycles. The van der Waals surface area contributed by atoms with Crippen molar-refractivity contribution in [2.24, 2.45) is 0 Å². The molecular weight excluding hydrogens is 395 g/mol. The highest BCUT2D eigenvalue weighted by Crippen LogP contribution is 2.34. The molecule has 2 rings (SSSR count). The van der Waals surface area contributed by atoms with E-state index in [0.29, 0.717) is 12.0 Å². The molecule has 156 valence electrons. The van der Waals surface area contributed by atoms with Crippen molar-refractivity contribution in [3.63, 3.8) is 0 Å². The number of nitro groups is 1. The van der Waals surface area contributed by atoms with Gasteiger partial charge in [0.2, 0.25) is 0 Å². The molecule has 0 N–H and O–H groups in total. The van der Waals surface area contributed by atoms with Crippen molar-refractivity contribution in [3.05, 3.63) is 57.6 Å². The van der Waals surface area contributed by atoms with Crippen LogP contribution in [0.4, 0.5) is 18.9 Å². The molecule has 29 heavy (non-hydrogen) atoms. The highest BCUT2D eigenvalue weighted by Gasteiger charge is 2.31. The van der Waals surface area contributed by atoms with E-state index in [2.05, 4.69) is 4.74 Å². The number of hydrogen-bond donors (Lipinski definition) is 0. The fraction of sp³-hybridized carbons (Fsp3) is 0.316. The van der Waals surface area contributed by atoms with Crippen LogP contribution < -0.4 is 9.47 Å². The first-order valence-corrected chi connectivity index (χ1v) is 8.56. The van der Waals surface area contributed by atoms with Crippen LogP contribution in [0.25, 0.3) is 0 Å². The molecule has 0 aromatic heterocycles. The van der Waals surface area contributed by atoms with E-state index >= 15 is 0 Å². The molecule has 0 bridgehead atoms. The van der Waals surface area contributed by atoms with Gasteiger partial charge in [0.05, 0.1) is 11.0 Å². The van der Waals surface area contributed by atoms with Crippen molar-refractivity contribution < 1.29 is 37.1 Å². The van der Waals surface area contributed by atoms with Gasteiger partial charge < -0.3 is 14.2 Å². The first-order valence-electron chi connectivity index (χ1n) is 8.56. The number of halogens is 3. The summed E-state index contributed by atoms with van der Waals surface area (Å²) in [5.74, 6) is -0.997. The Balaban J connectivity index is 2.38. The van der Waals surface area contributed by atoms with E-state index < -0.39 is 34.8 Å². The van der Waals surface area contributed by atoms with Crippen LogP contribution in [0.3, 0.4) is 0 Å². The smallest absolute Gasteiger partial charge is 0.459 e. The molecule has 0 spiro atoms. The minimum atomic E-state index is -4.82. The lowest BCUT2D eigenvalue weighted by molar-refractivity contribution is -0.385. The predicted molar refractivity (Wildman–Crippen MR) is 96.2 cm³/mol. The number of carbonyl (C=O) groups is 1. The van der Waals surface area contributed by atoms with Crippen molar-refractivity contribution in [1.82, 2.24) is 0 Å². The van der Waals surface area contributed by atoms with E-state index in [0.717, 1.165) is 12.1 Å². The summed E-state index contributed by atoms with van der Waals surface area (Å²) in [6.45, 7) is 4.94. The molecule has 0 aliphatic carbocycles. The lowest BCUT2D eigenvalue weighted by Gasteiger charge is -2.14. The van der Waals surface area contributed by atoms with Crippen LogP contribution >= 0.6 is 0 Å². The van der Waals surface area contributed by atoms with Gasteiger partial charge in [0.15, 0.2) is 0 Å². The summed E-state index contributed by atoms with van der Waals surface area (Å²) >= 11 is 0. The van der Waals surface area contributed by atoms with E-state index in [1.54, 1.807) is 20.8 Å². The first-order chi connectivity index (χ1) is 13.5. The lowest BCUT2D eigenvalue weighted by Crippen LogP contribution is -2.16. The van der Waals surface area contributed by atoms with Gasteiger partial charge in [-0.15, -0.1) is 13.2 Å². The Morgan fingerprint density at radius 1 is 1.14 bits per heavy atom. The van der Waals surface area contributed by atoms with Gasteiger partial charge >= 0.3 is 12.3 Å². The third-order valence-electron chi connectivity index (χ3n) is 3.60. The molecule has 0 fully saturated rings. The standard InChI is InChI=1S/C19H18F3NO6/c1-4-12-9-16(23(25)26)15(18(24)27-11(2)3)10-17(12)28-13-5-7-14(8-6-13)29-19(20,21)22/h5-11H,4H2,1-3H3. The Hall–Kier alpha value is -3.30. The highest BCUT2D eigenvalue weighted by atomic mass is 19.4. The first kappa shape index (κ1) is 22.0. The van der Waals surface area contributed by atoms with E-state index in [1.807, 2.05) is 0 Å². The minimum Gasteiger partial charge on any atom is -0.459 e. The van der Waals surface area contributed by atoms with Crippen LogP contribution in [0, 0.1) is 10.1 Å². The normalized spacial score (nSPS) is 11.3. The van der Waals surface area contributed by atoms with Crippen molar-refractivity contribution in [3.8, 4) is 17.2 Å². The molecule has 10 heteroatoms. The molecule has 0 saturated carbocycles. The number of esters is 1. The highest BCUT2D eigenvalue weighted by molar-refractivity contribution is 5.94. The zero-order valence-electron chi connectivity index (χ0n) is 15.8. The van der Waals surface area contributed by atoms with E-state index in [9.17, 15) is 28.1 Å². The van der Waals surface area contributed by atoms with Crippen LogP contribution in [-0.2, 0) is 11.2 Å². The summed E-state index contributed by atoms with van der Waals surface area (Å²) < 4.78 is 51.2. The van der Waals surface area contributed by atoms with Crippen molar-refractivity contribution in [2.75, 3.05) is 0 Å². The quantitative estimate of drug-likeness (QED) is 0.342. The monoisotopic (exact) mass is 413 g/mol. The van der Waals surface area contributed by atoms with Gasteiger partial charge in [-0.1, -0.05) is 6.92 Å². The van der Waals surface area contributed by atoms with Crippen LogP contribution in [-0.4, -0.2) is 23.4 Å². The molecule has 7 nitrogen and oxygen atoms in total. The van der Waals surface area contributed by atoms with Gasteiger partial charge in [-0.2, -0.15) is 0 Å². The number of benzene rings is 2. The lowest BCUT2D eigenvalue weighted by atomic mass is 10.1. The van der Waals surface area contributed by atoms with Gasteiger partial charge in [-0.05, 0) is 44.5 Å². The minimum absolute atomic E-state index is 0.151. The van der Waals surface area contributed by atoms with Crippen LogP contribution in [0.5, 0.6) is 17.2 Å². The molecule has 0 unspecified atom stereocenters. The average Bonchev–Trinajstić information content (AvgIpc) is 2.61. The molecule has 2 aromatic rings. The Morgan fingerprint density at radius 2 is 1.72 bits per heavy atom. The molecule has 2 aromatic carbocycles. The number of carbonyl (C=O) groups excluding carboxylic acids is 1. The molecule has 0 radical (unpaired) electrons.